The minimum atomic E-state index is -3.64. The normalized spacial score (nSPS) is 27.3. The minimum Gasteiger partial charge on any atom is -0.367 e. The van der Waals surface area contributed by atoms with E-state index < -0.39 is 10.0 Å². The Hall–Kier alpha value is -2.22. The molecular formula is C25H32N2O4S. The van der Waals surface area contributed by atoms with E-state index in [-0.39, 0.29) is 23.0 Å². The van der Waals surface area contributed by atoms with Crippen molar-refractivity contribution in [3.05, 3.63) is 65.7 Å². The van der Waals surface area contributed by atoms with Gasteiger partial charge in [0.25, 0.3) is 5.91 Å². The summed E-state index contributed by atoms with van der Waals surface area (Å²) in [5, 5.41) is 0. The van der Waals surface area contributed by atoms with Gasteiger partial charge in [0, 0.05) is 25.2 Å². The molecule has 0 aliphatic carbocycles. The SMILES string of the molecule is CC1CC(C)CN(S(=O)(=O)c2cccc(C(=O)N3CC(C)OC(c4ccccc4)C3)c2)C1. The van der Waals surface area contributed by atoms with Crippen LogP contribution in [0.2, 0.25) is 0 Å². The van der Waals surface area contributed by atoms with E-state index in [1.54, 1.807) is 27.4 Å². The topological polar surface area (TPSA) is 66.9 Å². The maximum absolute atomic E-state index is 13.3. The highest BCUT2D eigenvalue weighted by atomic mass is 32.2. The highest BCUT2D eigenvalue weighted by molar-refractivity contribution is 7.89. The highest BCUT2D eigenvalue weighted by Crippen LogP contribution is 2.29. The van der Waals surface area contributed by atoms with Crippen LogP contribution in [0.4, 0.5) is 0 Å². The molecule has 1 amide bonds. The second-order valence-corrected chi connectivity index (χ2v) is 11.3. The first kappa shape index (κ1) is 23.0. The number of amides is 1. The lowest BCUT2D eigenvalue weighted by Crippen LogP contribution is -2.46. The molecule has 2 fully saturated rings. The number of ether oxygens (including phenoxy) is 1. The lowest BCUT2D eigenvalue weighted by Gasteiger charge is -2.37. The summed E-state index contributed by atoms with van der Waals surface area (Å²) in [6.07, 6.45) is 0.718. The van der Waals surface area contributed by atoms with Crippen LogP contribution in [0.3, 0.4) is 0 Å². The summed E-state index contributed by atoms with van der Waals surface area (Å²) in [4.78, 5) is 15.3. The van der Waals surface area contributed by atoms with Crippen molar-refractivity contribution >= 4 is 15.9 Å². The Morgan fingerprint density at radius 1 is 0.906 bits per heavy atom. The number of carbonyl (C=O) groups excluding carboxylic acids is 1. The third-order valence-electron chi connectivity index (χ3n) is 6.27. The fourth-order valence-corrected chi connectivity index (χ4v) is 6.62. The summed E-state index contributed by atoms with van der Waals surface area (Å²) < 4.78 is 34.2. The molecule has 172 valence electrons. The van der Waals surface area contributed by atoms with Crippen LogP contribution in [-0.2, 0) is 14.8 Å². The van der Waals surface area contributed by atoms with Crippen LogP contribution in [0.5, 0.6) is 0 Å². The zero-order valence-electron chi connectivity index (χ0n) is 19.0. The molecule has 4 rings (SSSR count). The Bertz CT molecular complexity index is 1050. The third kappa shape index (κ3) is 4.90. The Morgan fingerprint density at radius 2 is 1.59 bits per heavy atom. The number of rotatable bonds is 4. The van der Waals surface area contributed by atoms with E-state index in [0.717, 1.165) is 12.0 Å². The van der Waals surface area contributed by atoms with E-state index in [0.29, 0.717) is 43.6 Å². The Kier molecular flexibility index (Phi) is 6.70. The van der Waals surface area contributed by atoms with Crippen molar-refractivity contribution in [3.63, 3.8) is 0 Å². The van der Waals surface area contributed by atoms with Gasteiger partial charge in [0.15, 0.2) is 0 Å². The predicted molar refractivity (Wildman–Crippen MR) is 124 cm³/mol. The van der Waals surface area contributed by atoms with E-state index in [4.69, 9.17) is 4.74 Å². The zero-order chi connectivity index (χ0) is 22.9. The molecule has 2 aromatic rings. The van der Waals surface area contributed by atoms with Crippen molar-refractivity contribution in [1.29, 1.82) is 0 Å². The second-order valence-electron chi connectivity index (χ2n) is 9.35. The molecule has 2 heterocycles. The molecule has 0 bridgehead atoms. The zero-order valence-corrected chi connectivity index (χ0v) is 19.8. The number of morpholine rings is 1. The third-order valence-corrected chi connectivity index (χ3v) is 8.10. The largest absolute Gasteiger partial charge is 0.367 e. The summed E-state index contributed by atoms with van der Waals surface area (Å²) in [6.45, 7) is 8.07. The van der Waals surface area contributed by atoms with Gasteiger partial charge in [-0.15, -0.1) is 0 Å². The number of hydrogen-bond donors (Lipinski definition) is 0. The van der Waals surface area contributed by atoms with Crippen molar-refractivity contribution < 1.29 is 17.9 Å². The van der Waals surface area contributed by atoms with Gasteiger partial charge in [-0.25, -0.2) is 8.42 Å². The average Bonchev–Trinajstić information content (AvgIpc) is 2.78. The first-order chi connectivity index (χ1) is 15.2. The molecule has 32 heavy (non-hydrogen) atoms. The number of hydrogen-bond acceptors (Lipinski definition) is 4. The van der Waals surface area contributed by atoms with Gasteiger partial charge < -0.3 is 9.64 Å². The maximum Gasteiger partial charge on any atom is 0.254 e. The maximum atomic E-state index is 13.3. The Morgan fingerprint density at radius 3 is 2.28 bits per heavy atom. The minimum absolute atomic E-state index is 0.110. The van der Waals surface area contributed by atoms with E-state index in [1.807, 2.05) is 37.3 Å². The molecular weight excluding hydrogens is 424 g/mol. The van der Waals surface area contributed by atoms with Crippen molar-refractivity contribution in [2.24, 2.45) is 11.8 Å². The fourth-order valence-electron chi connectivity index (χ4n) is 4.89. The first-order valence-electron chi connectivity index (χ1n) is 11.3. The van der Waals surface area contributed by atoms with Gasteiger partial charge in [0.2, 0.25) is 10.0 Å². The van der Waals surface area contributed by atoms with Crippen molar-refractivity contribution in [3.8, 4) is 0 Å². The number of piperidine rings is 1. The van der Waals surface area contributed by atoms with Gasteiger partial charge in [0.05, 0.1) is 17.5 Å². The molecule has 0 radical (unpaired) electrons. The average molecular weight is 457 g/mol. The van der Waals surface area contributed by atoms with Gasteiger partial charge in [-0.1, -0.05) is 50.2 Å². The summed E-state index contributed by atoms with van der Waals surface area (Å²) in [5.74, 6) is 0.477. The van der Waals surface area contributed by atoms with E-state index in [2.05, 4.69) is 13.8 Å². The summed E-state index contributed by atoms with van der Waals surface area (Å²) in [7, 11) is -3.64. The van der Waals surface area contributed by atoms with Crippen LogP contribution < -0.4 is 0 Å². The lowest BCUT2D eigenvalue weighted by molar-refractivity contribution is -0.0691. The van der Waals surface area contributed by atoms with Gasteiger partial charge in [-0.3, -0.25) is 4.79 Å². The summed E-state index contributed by atoms with van der Waals surface area (Å²) in [5.41, 5.74) is 1.42. The molecule has 0 aromatic heterocycles. The molecule has 2 aliphatic rings. The van der Waals surface area contributed by atoms with Crippen LogP contribution in [0.25, 0.3) is 0 Å². The van der Waals surface area contributed by atoms with Crippen LogP contribution in [0.15, 0.2) is 59.5 Å². The number of carbonyl (C=O) groups is 1. The highest BCUT2D eigenvalue weighted by Gasteiger charge is 2.33. The fraction of sp³-hybridized carbons (Fsp3) is 0.480. The van der Waals surface area contributed by atoms with Crippen molar-refractivity contribution in [2.45, 2.75) is 44.3 Å². The van der Waals surface area contributed by atoms with Crippen LogP contribution in [0.1, 0.15) is 49.2 Å². The molecule has 0 saturated carbocycles. The predicted octanol–water partition coefficient (Wildman–Crippen LogP) is 3.96. The van der Waals surface area contributed by atoms with Gasteiger partial charge in [-0.2, -0.15) is 4.31 Å². The quantitative estimate of drug-likeness (QED) is 0.699. The first-order valence-corrected chi connectivity index (χ1v) is 12.8. The number of benzene rings is 2. The van der Waals surface area contributed by atoms with Crippen molar-refractivity contribution in [1.82, 2.24) is 9.21 Å². The Labute approximate surface area is 191 Å². The van der Waals surface area contributed by atoms with E-state index >= 15 is 0 Å². The smallest absolute Gasteiger partial charge is 0.254 e. The molecule has 0 N–H and O–H groups in total. The standard InChI is InChI=1S/C25H32N2O4S/c1-18-12-19(2)15-27(14-18)32(29,30)23-11-7-10-22(13-23)25(28)26-16-20(3)31-24(17-26)21-8-5-4-6-9-21/h4-11,13,18-20,24H,12,14-17H2,1-3H3. The number of sulfonamides is 1. The van der Waals surface area contributed by atoms with Gasteiger partial charge in [-0.05, 0) is 48.9 Å². The van der Waals surface area contributed by atoms with Crippen LogP contribution >= 0.6 is 0 Å². The molecule has 6 nitrogen and oxygen atoms in total. The monoisotopic (exact) mass is 456 g/mol. The molecule has 2 saturated heterocycles. The lowest BCUT2D eigenvalue weighted by atomic mass is 9.94. The van der Waals surface area contributed by atoms with Crippen molar-refractivity contribution in [2.75, 3.05) is 26.2 Å². The molecule has 4 unspecified atom stereocenters. The molecule has 7 heteroatoms. The van der Waals surface area contributed by atoms with Crippen LogP contribution in [-0.4, -0.2) is 55.8 Å². The summed E-state index contributed by atoms with van der Waals surface area (Å²) >= 11 is 0. The molecule has 0 spiro atoms. The molecule has 2 aromatic carbocycles. The molecule has 2 aliphatic heterocycles. The second kappa shape index (κ2) is 9.33. The molecule has 4 atom stereocenters. The van der Waals surface area contributed by atoms with E-state index in [1.165, 1.54) is 6.07 Å². The van der Waals surface area contributed by atoms with Crippen LogP contribution in [0, 0.1) is 11.8 Å². The Balaban J connectivity index is 1.55. The van der Waals surface area contributed by atoms with Gasteiger partial charge in [0.1, 0.15) is 6.10 Å². The summed E-state index contributed by atoms with van der Waals surface area (Å²) in [6, 6.07) is 16.3. The van der Waals surface area contributed by atoms with Gasteiger partial charge >= 0.3 is 0 Å². The van der Waals surface area contributed by atoms with E-state index in [9.17, 15) is 13.2 Å². The number of nitrogens with zero attached hydrogens (tertiary/aromatic N) is 2.